The molecule has 2 aromatic rings. The standard InChI is InChI=1S/C13H18N4OS/c1-18-10-11-6-16(9-13-15-3-5-19-13)8-12-14-2-4-17(12)7-11/h2-5,11H,6-10H2,1H3. The minimum absolute atomic E-state index is 0.500. The number of thiazole rings is 1. The summed E-state index contributed by atoms with van der Waals surface area (Å²) >= 11 is 1.71. The molecule has 102 valence electrons. The summed E-state index contributed by atoms with van der Waals surface area (Å²) in [6, 6.07) is 0. The zero-order chi connectivity index (χ0) is 13.1. The molecule has 0 fully saturated rings. The molecule has 0 radical (unpaired) electrons. The molecule has 1 unspecified atom stereocenters. The molecule has 0 bridgehead atoms. The van der Waals surface area contributed by atoms with Crippen LogP contribution in [0, 0.1) is 5.92 Å². The molecule has 1 aliphatic rings. The van der Waals surface area contributed by atoms with Crippen molar-refractivity contribution in [1.29, 1.82) is 0 Å². The normalized spacial score (nSPS) is 20.2. The highest BCUT2D eigenvalue weighted by molar-refractivity contribution is 7.09. The van der Waals surface area contributed by atoms with E-state index in [1.54, 1.807) is 18.4 Å². The fourth-order valence-electron chi connectivity index (χ4n) is 2.61. The molecule has 6 heteroatoms. The van der Waals surface area contributed by atoms with Crippen molar-refractivity contribution >= 4 is 11.3 Å². The maximum atomic E-state index is 5.34. The van der Waals surface area contributed by atoms with Crippen molar-refractivity contribution in [2.24, 2.45) is 5.92 Å². The Morgan fingerprint density at radius 2 is 2.32 bits per heavy atom. The largest absolute Gasteiger partial charge is 0.384 e. The lowest BCUT2D eigenvalue weighted by Crippen LogP contribution is -2.29. The Morgan fingerprint density at radius 3 is 3.11 bits per heavy atom. The second kappa shape index (κ2) is 5.81. The first-order valence-electron chi connectivity index (χ1n) is 6.45. The molecule has 1 atom stereocenters. The number of fused-ring (bicyclic) bond motifs is 1. The van der Waals surface area contributed by atoms with E-state index in [1.807, 2.05) is 17.8 Å². The summed E-state index contributed by atoms with van der Waals surface area (Å²) in [6.45, 7) is 4.57. The van der Waals surface area contributed by atoms with Crippen molar-refractivity contribution in [3.05, 3.63) is 34.8 Å². The van der Waals surface area contributed by atoms with Crippen LogP contribution < -0.4 is 0 Å². The van der Waals surface area contributed by atoms with E-state index in [1.165, 1.54) is 0 Å². The number of hydrogen-bond donors (Lipinski definition) is 0. The van der Waals surface area contributed by atoms with E-state index in [-0.39, 0.29) is 0 Å². The highest BCUT2D eigenvalue weighted by Crippen LogP contribution is 2.18. The van der Waals surface area contributed by atoms with E-state index in [0.717, 1.165) is 43.6 Å². The zero-order valence-electron chi connectivity index (χ0n) is 11.0. The Kier molecular flexibility index (Phi) is 3.91. The number of nitrogens with zero attached hydrogens (tertiary/aromatic N) is 4. The molecule has 0 N–H and O–H groups in total. The predicted octanol–water partition coefficient (Wildman–Crippen LogP) is 1.62. The molecule has 3 rings (SSSR count). The van der Waals surface area contributed by atoms with Gasteiger partial charge in [-0.1, -0.05) is 0 Å². The Balaban J connectivity index is 1.76. The van der Waals surface area contributed by atoms with Crippen molar-refractivity contribution in [2.75, 3.05) is 20.3 Å². The number of ether oxygens (including phenoxy) is 1. The number of imidazole rings is 1. The quantitative estimate of drug-likeness (QED) is 0.852. The van der Waals surface area contributed by atoms with Gasteiger partial charge in [-0.15, -0.1) is 11.3 Å². The van der Waals surface area contributed by atoms with E-state index in [9.17, 15) is 0 Å². The van der Waals surface area contributed by atoms with Crippen LogP contribution in [0.4, 0.5) is 0 Å². The summed E-state index contributed by atoms with van der Waals surface area (Å²) in [5.74, 6) is 1.63. The van der Waals surface area contributed by atoms with Crippen LogP contribution in [-0.4, -0.2) is 39.7 Å². The fraction of sp³-hybridized carbons (Fsp3) is 0.538. The first kappa shape index (κ1) is 12.8. The van der Waals surface area contributed by atoms with E-state index >= 15 is 0 Å². The van der Waals surface area contributed by atoms with Crippen molar-refractivity contribution in [1.82, 2.24) is 19.4 Å². The molecule has 0 saturated heterocycles. The average Bonchev–Trinajstić information content (AvgIpc) is 3.00. The van der Waals surface area contributed by atoms with Gasteiger partial charge in [0.15, 0.2) is 0 Å². The summed E-state index contributed by atoms with van der Waals surface area (Å²) in [5.41, 5.74) is 0. The lowest BCUT2D eigenvalue weighted by Gasteiger charge is -2.22. The average molecular weight is 278 g/mol. The first-order chi connectivity index (χ1) is 9.35. The van der Waals surface area contributed by atoms with Crippen LogP contribution in [0.3, 0.4) is 0 Å². The predicted molar refractivity (Wildman–Crippen MR) is 73.8 cm³/mol. The van der Waals surface area contributed by atoms with Crippen LogP contribution in [0.1, 0.15) is 10.8 Å². The molecule has 0 aliphatic carbocycles. The van der Waals surface area contributed by atoms with E-state index in [4.69, 9.17) is 4.74 Å². The molecule has 0 spiro atoms. The maximum Gasteiger partial charge on any atom is 0.122 e. The monoisotopic (exact) mass is 278 g/mol. The van der Waals surface area contributed by atoms with Gasteiger partial charge in [0.1, 0.15) is 10.8 Å². The molecular weight excluding hydrogens is 260 g/mol. The molecule has 2 aromatic heterocycles. The highest BCUT2D eigenvalue weighted by Gasteiger charge is 2.22. The smallest absolute Gasteiger partial charge is 0.122 e. The maximum absolute atomic E-state index is 5.34. The van der Waals surface area contributed by atoms with Crippen LogP contribution in [-0.2, 0) is 24.4 Å². The topological polar surface area (TPSA) is 43.2 Å². The highest BCUT2D eigenvalue weighted by atomic mass is 32.1. The van der Waals surface area contributed by atoms with Gasteiger partial charge in [0, 0.05) is 50.1 Å². The molecule has 0 aromatic carbocycles. The van der Waals surface area contributed by atoms with Crippen LogP contribution in [0.5, 0.6) is 0 Å². The molecule has 3 heterocycles. The molecule has 19 heavy (non-hydrogen) atoms. The molecule has 0 amide bonds. The lowest BCUT2D eigenvalue weighted by atomic mass is 10.1. The van der Waals surface area contributed by atoms with Crippen LogP contribution in [0.25, 0.3) is 0 Å². The minimum atomic E-state index is 0.500. The minimum Gasteiger partial charge on any atom is -0.384 e. The second-order valence-corrected chi connectivity index (χ2v) is 5.89. The van der Waals surface area contributed by atoms with Gasteiger partial charge in [-0.25, -0.2) is 9.97 Å². The summed E-state index contributed by atoms with van der Waals surface area (Å²) in [4.78, 5) is 11.2. The summed E-state index contributed by atoms with van der Waals surface area (Å²) in [7, 11) is 1.77. The Labute approximate surface area is 116 Å². The molecule has 0 saturated carbocycles. The van der Waals surface area contributed by atoms with Crippen molar-refractivity contribution < 1.29 is 4.74 Å². The molecule has 1 aliphatic heterocycles. The second-order valence-electron chi connectivity index (χ2n) is 4.91. The Hall–Kier alpha value is -1.24. The van der Waals surface area contributed by atoms with Crippen molar-refractivity contribution in [3.8, 4) is 0 Å². The summed E-state index contributed by atoms with van der Waals surface area (Å²) in [5, 5.41) is 3.19. The first-order valence-corrected chi connectivity index (χ1v) is 7.33. The Bertz CT molecular complexity index is 510. The van der Waals surface area contributed by atoms with Gasteiger partial charge in [-0.3, -0.25) is 4.90 Å². The third-order valence-electron chi connectivity index (χ3n) is 3.38. The fourth-order valence-corrected chi connectivity index (χ4v) is 3.27. The SMILES string of the molecule is COCC1CN(Cc2nccs2)Cc2nccn2C1. The van der Waals surface area contributed by atoms with Gasteiger partial charge in [0.05, 0.1) is 19.7 Å². The number of methoxy groups -OCH3 is 1. The Morgan fingerprint density at radius 1 is 1.37 bits per heavy atom. The molecular formula is C13H18N4OS. The molecule has 5 nitrogen and oxygen atoms in total. The third kappa shape index (κ3) is 3.02. The van der Waals surface area contributed by atoms with Crippen LogP contribution in [0.15, 0.2) is 24.0 Å². The van der Waals surface area contributed by atoms with Gasteiger partial charge in [0.25, 0.3) is 0 Å². The van der Waals surface area contributed by atoms with Gasteiger partial charge < -0.3 is 9.30 Å². The summed E-state index contributed by atoms with van der Waals surface area (Å²) < 4.78 is 7.58. The van der Waals surface area contributed by atoms with Gasteiger partial charge in [-0.05, 0) is 0 Å². The van der Waals surface area contributed by atoms with E-state index in [2.05, 4.69) is 25.6 Å². The van der Waals surface area contributed by atoms with Gasteiger partial charge in [0.2, 0.25) is 0 Å². The van der Waals surface area contributed by atoms with Crippen molar-refractivity contribution in [2.45, 2.75) is 19.6 Å². The van der Waals surface area contributed by atoms with E-state index in [0.29, 0.717) is 5.92 Å². The third-order valence-corrected chi connectivity index (χ3v) is 4.15. The van der Waals surface area contributed by atoms with Crippen LogP contribution >= 0.6 is 11.3 Å². The van der Waals surface area contributed by atoms with Crippen molar-refractivity contribution in [3.63, 3.8) is 0 Å². The zero-order valence-corrected chi connectivity index (χ0v) is 11.8. The summed E-state index contributed by atoms with van der Waals surface area (Å²) in [6.07, 6.45) is 5.81. The number of rotatable bonds is 4. The number of aromatic nitrogens is 3. The lowest BCUT2D eigenvalue weighted by molar-refractivity contribution is 0.115. The number of hydrogen-bond acceptors (Lipinski definition) is 5. The van der Waals surface area contributed by atoms with Gasteiger partial charge in [-0.2, -0.15) is 0 Å². The van der Waals surface area contributed by atoms with E-state index < -0.39 is 0 Å². The van der Waals surface area contributed by atoms with Gasteiger partial charge >= 0.3 is 0 Å². The van der Waals surface area contributed by atoms with Crippen LogP contribution in [0.2, 0.25) is 0 Å².